The lowest BCUT2D eigenvalue weighted by molar-refractivity contribution is 0.102. The van der Waals surface area contributed by atoms with E-state index in [0.29, 0.717) is 26.8 Å². The minimum atomic E-state index is -0.243. The smallest absolute Gasteiger partial charge is 0.265 e. The minimum absolute atomic E-state index is 0.192. The third-order valence-electron chi connectivity index (χ3n) is 3.26. The van der Waals surface area contributed by atoms with Gasteiger partial charge >= 0.3 is 0 Å². The van der Waals surface area contributed by atoms with E-state index in [-0.39, 0.29) is 11.8 Å². The van der Waals surface area contributed by atoms with Crippen LogP contribution in [0.4, 0.5) is 11.4 Å². The standard InChI is InChI=1S/C18H13ClN2O2S/c19-14-11-13(20-18(23)16-7-4-10-24-16)8-9-15(14)21-17(22)12-5-2-1-3-6-12/h1-11H,(H,20,23)(H,21,22). The van der Waals surface area contributed by atoms with E-state index < -0.39 is 0 Å². The maximum Gasteiger partial charge on any atom is 0.265 e. The topological polar surface area (TPSA) is 58.2 Å². The van der Waals surface area contributed by atoms with Crippen molar-refractivity contribution in [3.8, 4) is 0 Å². The lowest BCUT2D eigenvalue weighted by Gasteiger charge is -2.10. The highest BCUT2D eigenvalue weighted by Gasteiger charge is 2.11. The van der Waals surface area contributed by atoms with Crippen molar-refractivity contribution in [3.63, 3.8) is 0 Å². The number of hydrogen-bond acceptors (Lipinski definition) is 3. The molecule has 0 saturated heterocycles. The molecule has 1 aromatic heterocycles. The number of rotatable bonds is 4. The van der Waals surface area contributed by atoms with Gasteiger partial charge < -0.3 is 10.6 Å². The zero-order valence-corrected chi connectivity index (χ0v) is 14.0. The van der Waals surface area contributed by atoms with Gasteiger partial charge in [-0.2, -0.15) is 0 Å². The highest BCUT2D eigenvalue weighted by Crippen LogP contribution is 2.26. The summed E-state index contributed by atoms with van der Waals surface area (Å²) < 4.78 is 0. The summed E-state index contributed by atoms with van der Waals surface area (Å²) in [5, 5.41) is 7.71. The molecule has 0 bridgehead atoms. The van der Waals surface area contributed by atoms with E-state index >= 15 is 0 Å². The third kappa shape index (κ3) is 3.82. The molecule has 0 radical (unpaired) electrons. The van der Waals surface area contributed by atoms with Crippen LogP contribution in [0.1, 0.15) is 20.0 Å². The Kier molecular flexibility index (Phi) is 4.93. The highest BCUT2D eigenvalue weighted by molar-refractivity contribution is 7.12. The summed E-state index contributed by atoms with van der Waals surface area (Å²) in [6, 6.07) is 17.4. The minimum Gasteiger partial charge on any atom is -0.321 e. The predicted molar refractivity (Wildman–Crippen MR) is 98.1 cm³/mol. The number of benzene rings is 2. The summed E-state index contributed by atoms with van der Waals surface area (Å²) in [4.78, 5) is 24.8. The van der Waals surface area contributed by atoms with Crippen LogP contribution in [-0.4, -0.2) is 11.8 Å². The highest BCUT2D eigenvalue weighted by atomic mass is 35.5. The molecule has 0 aliphatic carbocycles. The number of amides is 2. The van der Waals surface area contributed by atoms with Gasteiger partial charge in [-0.25, -0.2) is 0 Å². The van der Waals surface area contributed by atoms with Crippen LogP contribution in [0.15, 0.2) is 66.0 Å². The zero-order valence-electron chi connectivity index (χ0n) is 12.5. The molecule has 3 aromatic rings. The summed E-state index contributed by atoms with van der Waals surface area (Å²) in [6.45, 7) is 0. The van der Waals surface area contributed by atoms with Crippen molar-refractivity contribution in [1.82, 2.24) is 0 Å². The van der Waals surface area contributed by atoms with Gasteiger partial charge in [-0.3, -0.25) is 9.59 Å². The van der Waals surface area contributed by atoms with Crippen molar-refractivity contribution in [1.29, 1.82) is 0 Å². The number of halogens is 1. The van der Waals surface area contributed by atoms with Gasteiger partial charge in [0.1, 0.15) is 0 Å². The fourth-order valence-corrected chi connectivity index (χ4v) is 2.93. The van der Waals surface area contributed by atoms with Gasteiger partial charge in [-0.05, 0) is 41.8 Å². The van der Waals surface area contributed by atoms with Crippen LogP contribution in [0.2, 0.25) is 5.02 Å². The first-order chi connectivity index (χ1) is 11.6. The van der Waals surface area contributed by atoms with Gasteiger partial charge in [0.25, 0.3) is 11.8 Å². The van der Waals surface area contributed by atoms with Crippen molar-refractivity contribution in [2.45, 2.75) is 0 Å². The number of hydrogen-bond donors (Lipinski definition) is 2. The molecule has 3 rings (SSSR count). The normalized spacial score (nSPS) is 10.2. The molecule has 6 heteroatoms. The van der Waals surface area contributed by atoms with Gasteiger partial charge in [-0.15, -0.1) is 11.3 Å². The summed E-state index contributed by atoms with van der Waals surface area (Å²) in [7, 11) is 0. The van der Waals surface area contributed by atoms with E-state index in [9.17, 15) is 9.59 Å². The molecule has 4 nitrogen and oxygen atoms in total. The molecule has 0 aliphatic heterocycles. The van der Waals surface area contributed by atoms with Crippen molar-refractivity contribution in [2.75, 3.05) is 10.6 Å². The van der Waals surface area contributed by atoms with E-state index in [2.05, 4.69) is 10.6 Å². The summed E-state index contributed by atoms with van der Waals surface area (Å²) in [6.07, 6.45) is 0. The average molecular weight is 357 g/mol. The van der Waals surface area contributed by atoms with E-state index in [4.69, 9.17) is 11.6 Å². The number of anilines is 2. The summed E-state index contributed by atoms with van der Waals surface area (Å²) in [5.41, 5.74) is 1.60. The molecule has 0 spiro atoms. The second kappa shape index (κ2) is 7.29. The molecular weight excluding hydrogens is 344 g/mol. The molecule has 0 unspecified atom stereocenters. The van der Waals surface area contributed by atoms with Crippen LogP contribution in [0.3, 0.4) is 0 Å². The lowest BCUT2D eigenvalue weighted by atomic mass is 10.2. The van der Waals surface area contributed by atoms with Gasteiger partial charge in [0.15, 0.2) is 0 Å². The number of carbonyl (C=O) groups is 2. The molecular formula is C18H13ClN2O2S. The first-order valence-electron chi connectivity index (χ1n) is 7.14. The van der Waals surface area contributed by atoms with E-state index in [1.54, 1.807) is 48.5 Å². The van der Waals surface area contributed by atoms with Crippen LogP contribution in [0, 0.1) is 0 Å². The summed E-state index contributed by atoms with van der Waals surface area (Å²) >= 11 is 7.57. The molecule has 0 aliphatic rings. The van der Waals surface area contributed by atoms with Crippen LogP contribution < -0.4 is 10.6 Å². The average Bonchev–Trinajstić information content (AvgIpc) is 3.13. The van der Waals surface area contributed by atoms with E-state index in [0.717, 1.165) is 0 Å². The molecule has 120 valence electrons. The van der Waals surface area contributed by atoms with Gasteiger partial charge in [0.2, 0.25) is 0 Å². The van der Waals surface area contributed by atoms with E-state index in [1.165, 1.54) is 11.3 Å². The Bertz CT molecular complexity index is 864. The number of thiophene rings is 1. The fourth-order valence-electron chi connectivity index (χ4n) is 2.08. The van der Waals surface area contributed by atoms with Crippen LogP contribution in [0.25, 0.3) is 0 Å². The van der Waals surface area contributed by atoms with Crippen LogP contribution >= 0.6 is 22.9 Å². The predicted octanol–water partition coefficient (Wildman–Crippen LogP) is 4.91. The van der Waals surface area contributed by atoms with Crippen molar-refractivity contribution >= 4 is 46.1 Å². The second-order valence-electron chi connectivity index (χ2n) is 4.95. The molecule has 0 saturated carbocycles. The van der Waals surface area contributed by atoms with Crippen molar-refractivity contribution in [3.05, 3.63) is 81.5 Å². The summed E-state index contributed by atoms with van der Waals surface area (Å²) in [5.74, 6) is -0.435. The monoisotopic (exact) mass is 356 g/mol. The molecule has 0 atom stereocenters. The van der Waals surface area contributed by atoms with Crippen molar-refractivity contribution < 1.29 is 9.59 Å². The van der Waals surface area contributed by atoms with Gasteiger partial charge in [0.05, 0.1) is 15.6 Å². The first-order valence-corrected chi connectivity index (χ1v) is 8.40. The Labute approximate surface area is 148 Å². The second-order valence-corrected chi connectivity index (χ2v) is 6.30. The molecule has 2 aromatic carbocycles. The third-order valence-corrected chi connectivity index (χ3v) is 4.44. The van der Waals surface area contributed by atoms with E-state index in [1.807, 2.05) is 17.5 Å². The Hall–Kier alpha value is -2.63. The van der Waals surface area contributed by atoms with Crippen LogP contribution in [-0.2, 0) is 0 Å². The zero-order chi connectivity index (χ0) is 16.9. The van der Waals surface area contributed by atoms with Gasteiger partial charge in [-0.1, -0.05) is 35.9 Å². The largest absolute Gasteiger partial charge is 0.321 e. The molecule has 2 N–H and O–H groups in total. The number of nitrogens with one attached hydrogen (secondary N) is 2. The maximum absolute atomic E-state index is 12.1. The molecule has 0 fully saturated rings. The van der Waals surface area contributed by atoms with Crippen LogP contribution in [0.5, 0.6) is 0 Å². The Morgan fingerprint density at radius 2 is 1.67 bits per heavy atom. The Morgan fingerprint density at radius 3 is 2.33 bits per heavy atom. The maximum atomic E-state index is 12.1. The molecule has 24 heavy (non-hydrogen) atoms. The Balaban J connectivity index is 1.71. The lowest BCUT2D eigenvalue weighted by Crippen LogP contribution is -2.13. The first kappa shape index (κ1) is 16.2. The SMILES string of the molecule is O=C(Nc1ccc(NC(=O)c2cccs2)cc1Cl)c1ccccc1. The van der Waals surface area contributed by atoms with Crippen molar-refractivity contribution in [2.24, 2.45) is 0 Å². The fraction of sp³-hybridized carbons (Fsp3) is 0. The molecule has 2 amide bonds. The Morgan fingerprint density at radius 1 is 0.875 bits per heavy atom. The number of carbonyl (C=O) groups excluding carboxylic acids is 2. The van der Waals surface area contributed by atoms with Gasteiger partial charge in [0, 0.05) is 11.3 Å². The quantitative estimate of drug-likeness (QED) is 0.698. The molecule has 1 heterocycles.